The molecule has 1 unspecified atom stereocenters. The highest BCUT2D eigenvalue weighted by molar-refractivity contribution is 7.98. The number of hydrogen-bond donors (Lipinski definition) is 0. The molecule has 30 heavy (non-hydrogen) atoms. The summed E-state index contributed by atoms with van der Waals surface area (Å²) in [6.45, 7) is 8.62. The van der Waals surface area contributed by atoms with Crippen molar-refractivity contribution in [2.24, 2.45) is 5.41 Å². The number of methoxy groups -OCH3 is 1. The Morgan fingerprint density at radius 3 is 2.57 bits per heavy atom. The van der Waals surface area contributed by atoms with Crippen LogP contribution in [-0.2, 0) is 6.42 Å². The highest BCUT2D eigenvalue weighted by atomic mass is 32.2. The second-order valence-corrected chi connectivity index (χ2v) is 9.83. The lowest BCUT2D eigenvalue weighted by Crippen LogP contribution is -2.32. The average Bonchev–Trinajstić information content (AvgIpc) is 2.68. The van der Waals surface area contributed by atoms with E-state index in [1.54, 1.807) is 31.1 Å². The van der Waals surface area contributed by atoms with Gasteiger partial charge in [-0.05, 0) is 54.9 Å². The summed E-state index contributed by atoms with van der Waals surface area (Å²) in [5.74, 6) is 2.23. The number of Topliss-reactive ketones (excluding diaryl/α,β-unsaturated/α-hetero) is 1. The Morgan fingerprint density at radius 1 is 1.23 bits per heavy atom. The summed E-state index contributed by atoms with van der Waals surface area (Å²) in [5, 5.41) is 0. The number of fused-ring (bicyclic) bond motifs is 3. The van der Waals surface area contributed by atoms with E-state index in [0.29, 0.717) is 12.4 Å². The molecule has 0 fully saturated rings. The monoisotopic (exact) mass is 429 g/mol. The molecule has 0 bridgehead atoms. The molecule has 2 aromatic rings. The van der Waals surface area contributed by atoms with Crippen LogP contribution in [0, 0.1) is 5.41 Å². The predicted octanol–water partition coefficient (Wildman–Crippen LogP) is 5.00. The molecule has 1 aromatic heterocycles. The van der Waals surface area contributed by atoms with Gasteiger partial charge >= 0.3 is 0 Å². The summed E-state index contributed by atoms with van der Waals surface area (Å²) in [5.41, 5.74) is 2.83. The summed E-state index contributed by atoms with van der Waals surface area (Å²) in [7, 11) is 1.63. The molecule has 0 amide bonds. The Hall–Kier alpha value is -2.21. The maximum atomic E-state index is 12.6. The lowest BCUT2D eigenvalue weighted by molar-refractivity contribution is 0.101. The van der Waals surface area contributed by atoms with Gasteiger partial charge in [0.2, 0.25) is 0 Å². The topological polar surface area (TPSA) is 57.5 Å². The zero-order chi connectivity index (χ0) is 22.1. The molecule has 0 saturated carbocycles. The van der Waals surface area contributed by atoms with Gasteiger partial charge in [-0.3, -0.25) is 9.59 Å². The van der Waals surface area contributed by atoms with E-state index in [4.69, 9.17) is 9.47 Å². The molecule has 0 aliphatic carbocycles. The maximum Gasteiger partial charge on any atom is 0.192 e. The van der Waals surface area contributed by atoms with Crippen LogP contribution in [-0.4, -0.2) is 36.1 Å². The van der Waals surface area contributed by atoms with E-state index in [-0.39, 0.29) is 28.2 Å². The SMILES string of the molecule is COc1cc2c(cc1OCCCSC)CC(C(C)(C)C)n1cc(C(C)=O)c(=O)cc1-2. The molecule has 5 nitrogen and oxygen atoms in total. The number of carbonyl (C=O) groups excluding carboxylic acids is 1. The molecular formula is C24H31NO4S. The summed E-state index contributed by atoms with van der Waals surface area (Å²) in [6.07, 6.45) is 5.58. The minimum atomic E-state index is -0.245. The first-order chi connectivity index (χ1) is 14.2. The van der Waals surface area contributed by atoms with Crippen molar-refractivity contribution < 1.29 is 14.3 Å². The number of nitrogens with zero attached hydrogens (tertiary/aromatic N) is 1. The maximum absolute atomic E-state index is 12.6. The summed E-state index contributed by atoms with van der Waals surface area (Å²) >= 11 is 1.80. The number of hydrogen-bond acceptors (Lipinski definition) is 5. The minimum Gasteiger partial charge on any atom is -0.493 e. The van der Waals surface area contributed by atoms with Gasteiger partial charge in [0.15, 0.2) is 22.7 Å². The largest absolute Gasteiger partial charge is 0.493 e. The smallest absolute Gasteiger partial charge is 0.192 e. The van der Waals surface area contributed by atoms with Gasteiger partial charge in [-0.25, -0.2) is 0 Å². The van der Waals surface area contributed by atoms with Crippen molar-refractivity contribution in [3.8, 4) is 22.8 Å². The standard InChI is InChI=1S/C24H31NO4S/c1-15(26)18-14-25-19(13-20(18)27)17-12-21(28-5)22(29-8-7-9-30-6)10-16(17)11-23(25)24(2,3)4/h10,12-14,23H,7-9,11H2,1-6H3. The summed E-state index contributed by atoms with van der Waals surface area (Å²) in [4.78, 5) is 24.6. The molecule has 0 spiro atoms. The number of pyridine rings is 1. The van der Waals surface area contributed by atoms with Gasteiger partial charge < -0.3 is 14.0 Å². The van der Waals surface area contributed by atoms with E-state index in [1.165, 1.54) is 6.92 Å². The number of ketones is 1. The van der Waals surface area contributed by atoms with Crippen LogP contribution in [0.2, 0.25) is 0 Å². The average molecular weight is 430 g/mol. The van der Waals surface area contributed by atoms with Crippen molar-refractivity contribution in [2.75, 3.05) is 25.7 Å². The molecule has 0 radical (unpaired) electrons. The first kappa shape index (κ1) is 22.5. The highest BCUT2D eigenvalue weighted by Gasteiger charge is 2.34. The van der Waals surface area contributed by atoms with Crippen LogP contribution in [0.15, 0.2) is 29.2 Å². The normalized spacial score (nSPS) is 15.3. The number of ether oxygens (including phenoxy) is 2. The Kier molecular flexibility index (Phi) is 6.65. The lowest BCUT2D eigenvalue weighted by Gasteiger charge is -2.39. The van der Waals surface area contributed by atoms with Gasteiger partial charge in [-0.1, -0.05) is 20.8 Å². The minimum absolute atomic E-state index is 0.0607. The first-order valence-corrected chi connectivity index (χ1v) is 11.7. The Bertz CT molecular complexity index is 1000. The Labute approximate surface area is 182 Å². The van der Waals surface area contributed by atoms with Gasteiger partial charge in [0.25, 0.3) is 0 Å². The van der Waals surface area contributed by atoms with Crippen molar-refractivity contribution in [1.29, 1.82) is 0 Å². The third-order valence-electron chi connectivity index (χ3n) is 5.62. The van der Waals surface area contributed by atoms with Gasteiger partial charge in [-0.15, -0.1) is 0 Å². The quantitative estimate of drug-likeness (QED) is 0.458. The third-order valence-corrected chi connectivity index (χ3v) is 6.32. The molecule has 0 N–H and O–H groups in total. The van der Waals surface area contributed by atoms with E-state index in [1.807, 2.05) is 6.07 Å². The summed E-state index contributed by atoms with van der Waals surface area (Å²) < 4.78 is 13.7. The molecule has 6 heteroatoms. The summed E-state index contributed by atoms with van der Waals surface area (Å²) in [6, 6.07) is 5.71. The molecule has 3 rings (SSSR count). The molecule has 2 heterocycles. The van der Waals surface area contributed by atoms with Crippen LogP contribution in [0.5, 0.6) is 11.5 Å². The van der Waals surface area contributed by atoms with Crippen LogP contribution in [0.1, 0.15) is 56.1 Å². The van der Waals surface area contributed by atoms with E-state index in [2.05, 4.69) is 37.7 Å². The third kappa shape index (κ3) is 4.43. The van der Waals surface area contributed by atoms with Gasteiger partial charge in [0.1, 0.15) is 0 Å². The van der Waals surface area contributed by atoms with Crippen molar-refractivity contribution >= 4 is 17.5 Å². The number of aromatic nitrogens is 1. The molecule has 1 aliphatic rings. The predicted molar refractivity (Wildman–Crippen MR) is 123 cm³/mol. The molecular weight excluding hydrogens is 398 g/mol. The highest BCUT2D eigenvalue weighted by Crippen LogP contribution is 2.45. The number of rotatable bonds is 7. The molecule has 0 saturated heterocycles. The van der Waals surface area contributed by atoms with Crippen LogP contribution >= 0.6 is 11.8 Å². The number of benzene rings is 1. The second-order valence-electron chi connectivity index (χ2n) is 8.84. The Morgan fingerprint density at radius 2 is 1.97 bits per heavy atom. The van der Waals surface area contributed by atoms with E-state index in [0.717, 1.165) is 41.2 Å². The van der Waals surface area contributed by atoms with Crippen molar-refractivity contribution in [3.63, 3.8) is 0 Å². The van der Waals surface area contributed by atoms with Gasteiger partial charge in [0.05, 0.1) is 25.0 Å². The zero-order valence-electron chi connectivity index (χ0n) is 18.7. The molecule has 1 aliphatic heterocycles. The molecule has 1 aromatic carbocycles. The fourth-order valence-corrected chi connectivity index (χ4v) is 4.39. The number of carbonyl (C=O) groups is 1. The molecule has 1 atom stereocenters. The van der Waals surface area contributed by atoms with Crippen molar-refractivity contribution in [2.45, 2.75) is 46.6 Å². The zero-order valence-corrected chi connectivity index (χ0v) is 19.5. The van der Waals surface area contributed by atoms with Crippen molar-refractivity contribution in [3.05, 3.63) is 45.7 Å². The van der Waals surface area contributed by atoms with Crippen LogP contribution in [0.3, 0.4) is 0 Å². The Balaban J connectivity index is 2.14. The number of thioether (sulfide) groups is 1. The fraction of sp³-hybridized carbons (Fsp3) is 0.500. The van der Waals surface area contributed by atoms with Crippen molar-refractivity contribution in [1.82, 2.24) is 4.57 Å². The van der Waals surface area contributed by atoms with Gasteiger partial charge in [-0.2, -0.15) is 11.8 Å². The van der Waals surface area contributed by atoms with E-state index < -0.39 is 0 Å². The fourth-order valence-electron chi connectivity index (χ4n) is 3.98. The van der Waals surface area contributed by atoms with Crippen LogP contribution < -0.4 is 14.9 Å². The van der Waals surface area contributed by atoms with Gasteiger partial charge in [0, 0.05) is 23.9 Å². The second kappa shape index (κ2) is 8.88. The first-order valence-electron chi connectivity index (χ1n) is 10.3. The van der Waals surface area contributed by atoms with Crippen LogP contribution in [0.4, 0.5) is 0 Å². The molecule has 162 valence electrons. The lowest BCUT2D eigenvalue weighted by atomic mass is 9.78. The van der Waals surface area contributed by atoms with Crippen LogP contribution in [0.25, 0.3) is 11.3 Å². The van der Waals surface area contributed by atoms with E-state index in [9.17, 15) is 9.59 Å². The van der Waals surface area contributed by atoms with E-state index >= 15 is 0 Å².